The molecule has 0 atom stereocenters. The quantitative estimate of drug-likeness (QED) is 0.833. The van der Waals surface area contributed by atoms with E-state index in [-0.39, 0.29) is 22.0 Å². The van der Waals surface area contributed by atoms with Gasteiger partial charge in [-0.1, -0.05) is 17.7 Å². The molecule has 86 valence electrons. The Balaban J connectivity index is 2.18. The highest BCUT2D eigenvalue weighted by atomic mass is 35.5. The minimum Gasteiger partial charge on any atom is -0.345 e. The van der Waals surface area contributed by atoms with Gasteiger partial charge in [0.05, 0.1) is 16.1 Å². The zero-order valence-electron chi connectivity index (χ0n) is 8.40. The minimum absolute atomic E-state index is 0.148. The highest BCUT2D eigenvalue weighted by Crippen LogP contribution is 2.37. The first-order chi connectivity index (χ1) is 7.58. The van der Waals surface area contributed by atoms with Gasteiger partial charge in [0.2, 0.25) is 0 Å². The van der Waals surface area contributed by atoms with Crippen molar-refractivity contribution in [3.8, 4) is 0 Å². The lowest BCUT2D eigenvalue weighted by atomic mass is 10.2. The van der Waals surface area contributed by atoms with Gasteiger partial charge >= 0.3 is 0 Å². The second kappa shape index (κ2) is 4.22. The molecule has 1 aliphatic carbocycles. The Kier molecular flexibility index (Phi) is 3.08. The van der Waals surface area contributed by atoms with Gasteiger partial charge in [0.15, 0.2) is 0 Å². The summed E-state index contributed by atoms with van der Waals surface area (Å²) in [5.41, 5.74) is -0.160. The van der Waals surface area contributed by atoms with Crippen molar-refractivity contribution < 1.29 is 9.18 Å². The Labute approximate surface area is 103 Å². The lowest BCUT2D eigenvalue weighted by Crippen LogP contribution is -2.38. The van der Waals surface area contributed by atoms with E-state index in [1.54, 1.807) is 0 Å². The number of carbonyl (C=O) groups is 1. The fraction of sp³-hybridized carbons (Fsp3) is 0.364. The van der Waals surface area contributed by atoms with Crippen LogP contribution in [0.25, 0.3) is 0 Å². The molecule has 1 N–H and O–H groups in total. The third-order valence-electron chi connectivity index (χ3n) is 2.68. The van der Waals surface area contributed by atoms with Crippen LogP contribution in [0.15, 0.2) is 18.2 Å². The van der Waals surface area contributed by atoms with Crippen LogP contribution in [0.5, 0.6) is 0 Å². The van der Waals surface area contributed by atoms with Crippen molar-refractivity contribution in [2.75, 3.05) is 5.88 Å². The molecule has 1 fully saturated rings. The van der Waals surface area contributed by atoms with E-state index in [1.165, 1.54) is 18.2 Å². The summed E-state index contributed by atoms with van der Waals surface area (Å²) in [6.45, 7) is 0. The summed E-state index contributed by atoms with van der Waals surface area (Å²) in [5, 5.41) is 2.63. The first-order valence-corrected chi connectivity index (χ1v) is 5.82. The van der Waals surface area contributed by atoms with Gasteiger partial charge in [0.25, 0.3) is 5.91 Å². The molecule has 0 radical (unpaired) electrons. The van der Waals surface area contributed by atoms with Crippen LogP contribution >= 0.6 is 23.2 Å². The van der Waals surface area contributed by atoms with Crippen molar-refractivity contribution in [3.63, 3.8) is 0 Å². The number of carbonyl (C=O) groups excluding carboxylic acids is 1. The van der Waals surface area contributed by atoms with Gasteiger partial charge < -0.3 is 5.32 Å². The highest BCUT2D eigenvalue weighted by molar-refractivity contribution is 6.34. The van der Waals surface area contributed by atoms with E-state index in [0.717, 1.165) is 12.8 Å². The standard InChI is InChI=1S/C11H10Cl2FNO/c12-6-11(4-5-11)15-10(16)7-2-1-3-8(14)9(7)13/h1-3H,4-6H2,(H,15,16). The Hall–Kier alpha value is -0.800. The zero-order valence-corrected chi connectivity index (χ0v) is 9.91. The Morgan fingerprint density at radius 1 is 1.50 bits per heavy atom. The number of hydrogen-bond acceptors (Lipinski definition) is 1. The van der Waals surface area contributed by atoms with Crippen molar-refractivity contribution in [2.45, 2.75) is 18.4 Å². The molecule has 2 rings (SSSR count). The van der Waals surface area contributed by atoms with Crippen LogP contribution in [0.1, 0.15) is 23.2 Å². The van der Waals surface area contributed by atoms with Gasteiger partial charge in [0, 0.05) is 5.88 Å². The van der Waals surface area contributed by atoms with Gasteiger partial charge in [-0.25, -0.2) is 4.39 Å². The van der Waals surface area contributed by atoms with Crippen LogP contribution in [0.3, 0.4) is 0 Å². The second-order valence-corrected chi connectivity index (χ2v) is 4.61. The molecule has 0 aromatic heterocycles. The molecule has 1 aliphatic rings. The molecule has 1 amide bonds. The van der Waals surface area contributed by atoms with Crippen LogP contribution in [-0.4, -0.2) is 17.3 Å². The average Bonchev–Trinajstić information content (AvgIpc) is 3.02. The van der Waals surface area contributed by atoms with Crippen LogP contribution in [-0.2, 0) is 0 Å². The van der Waals surface area contributed by atoms with Crippen LogP contribution in [0.4, 0.5) is 4.39 Å². The third kappa shape index (κ3) is 2.15. The summed E-state index contributed by atoms with van der Waals surface area (Å²) in [4.78, 5) is 11.8. The highest BCUT2D eigenvalue weighted by Gasteiger charge is 2.43. The Bertz CT molecular complexity index is 432. The maximum Gasteiger partial charge on any atom is 0.253 e. The van der Waals surface area contributed by atoms with Crippen molar-refractivity contribution in [1.29, 1.82) is 0 Å². The van der Waals surface area contributed by atoms with E-state index in [0.29, 0.717) is 5.88 Å². The normalized spacial score (nSPS) is 16.9. The van der Waals surface area contributed by atoms with E-state index in [1.807, 2.05) is 0 Å². The molecule has 0 bridgehead atoms. The smallest absolute Gasteiger partial charge is 0.253 e. The fourth-order valence-electron chi connectivity index (χ4n) is 1.43. The number of amides is 1. The molecular formula is C11H10Cl2FNO. The molecule has 0 unspecified atom stereocenters. The topological polar surface area (TPSA) is 29.1 Å². The molecular weight excluding hydrogens is 252 g/mol. The monoisotopic (exact) mass is 261 g/mol. The molecule has 5 heteroatoms. The maximum absolute atomic E-state index is 13.1. The van der Waals surface area contributed by atoms with Gasteiger partial charge in [-0.15, -0.1) is 11.6 Å². The second-order valence-electron chi connectivity index (χ2n) is 3.97. The number of halogens is 3. The number of hydrogen-bond donors (Lipinski definition) is 1. The lowest BCUT2D eigenvalue weighted by molar-refractivity contribution is 0.0935. The molecule has 0 heterocycles. The number of benzene rings is 1. The molecule has 1 aromatic carbocycles. The summed E-state index contributed by atoms with van der Waals surface area (Å²) in [5.74, 6) is -0.598. The van der Waals surface area contributed by atoms with Crippen LogP contribution < -0.4 is 5.32 Å². The van der Waals surface area contributed by atoms with E-state index in [4.69, 9.17) is 23.2 Å². The lowest BCUT2D eigenvalue weighted by Gasteiger charge is -2.14. The third-order valence-corrected chi connectivity index (χ3v) is 3.58. The summed E-state index contributed by atoms with van der Waals surface area (Å²) in [7, 11) is 0. The predicted molar refractivity (Wildman–Crippen MR) is 61.6 cm³/mol. The summed E-state index contributed by atoms with van der Waals surface area (Å²) in [6, 6.07) is 4.16. The largest absolute Gasteiger partial charge is 0.345 e. The minimum atomic E-state index is -0.593. The molecule has 0 saturated heterocycles. The van der Waals surface area contributed by atoms with Gasteiger partial charge in [-0.3, -0.25) is 4.79 Å². The first-order valence-electron chi connectivity index (χ1n) is 4.90. The van der Waals surface area contributed by atoms with Gasteiger partial charge in [-0.2, -0.15) is 0 Å². The molecule has 16 heavy (non-hydrogen) atoms. The van der Waals surface area contributed by atoms with Crippen LogP contribution in [0, 0.1) is 5.82 Å². The van der Waals surface area contributed by atoms with E-state index in [2.05, 4.69) is 5.32 Å². The first kappa shape index (κ1) is 11.7. The molecule has 1 aromatic rings. The molecule has 2 nitrogen and oxygen atoms in total. The number of rotatable bonds is 3. The zero-order chi connectivity index (χ0) is 11.8. The maximum atomic E-state index is 13.1. The summed E-state index contributed by atoms with van der Waals surface area (Å²) >= 11 is 11.4. The van der Waals surface area contributed by atoms with Crippen LogP contribution in [0.2, 0.25) is 5.02 Å². The van der Waals surface area contributed by atoms with E-state index in [9.17, 15) is 9.18 Å². The number of nitrogens with one attached hydrogen (secondary N) is 1. The van der Waals surface area contributed by atoms with Crippen molar-refractivity contribution in [2.24, 2.45) is 0 Å². The Morgan fingerprint density at radius 2 is 2.19 bits per heavy atom. The van der Waals surface area contributed by atoms with E-state index < -0.39 is 5.82 Å². The summed E-state index contributed by atoms with van der Waals surface area (Å²) < 4.78 is 13.1. The fourth-order valence-corrected chi connectivity index (χ4v) is 1.98. The molecule has 1 saturated carbocycles. The summed E-state index contributed by atoms with van der Waals surface area (Å²) in [6.07, 6.45) is 1.71. The van der Waals surface area contributed by atoms with Gasteiger partial charge in [-0.05, 0) is 25.0 Å². The number of alkyl halides is 1. The Morgan fingerprint density at radius 3 is 2.75 bits per heavy atom. The van der Waals surface area contributed by atoms with E-state index >= 15 is 0 Å². The van der Waals surface area contributed by atoms with Gasteiger partial charge in [0.1, 0.15) is 5.82 Å². The molecule has 0 aliphatic heterocycles. The predicted octanol–water partition coefficient (Wildman–Crippen LogP) is 2.98. The van der Waals surface area contributed by atoms with Crippen molar-refractivity contribution in [3.05, 3.63) is 34.6 Å². The van der Waals surface area contributed by atoms with Crippen molar-refractivity contribution >= 4 is 29.1 Å². The van der Waals surface area contributed by atoms with Crippen molar-refractivity contribution in [1.82, 2.24) is 5.32 Å². The average molecular weight is 262 g/mol. The SMILES string of the molecule is O=C(NC1(CCl)CC1)c1cccc(F)c1Cl. The molecule has 0 spiro atoms.